The van der Waals surface area contributed by atoms with Gasteiger partial charge in [-0.3, -0.25) is 14.5 Å². The molecule has 0 saturated heterocycles. The van der Waals surface area contributed by atoms with Crippen molar-refractivity contribution >= 4 is 45.6 Å². The van der Waals surface area contributed by atoms with Gasteiger partial charge in [-0.25, -0.2) is 9.78 Å². The molecule has 2 amide bonds. The molecule has 4 aromatic rings. The van der Waals surface area contributed by atoms with Crippen LogP contribution < -0.4 is 10.2 Å². The predicted molar refractivity (Wildman–Crippen MR) is 124 cm³/mol. The van der Waals surface area contributed by atoms with Gasteiger partial charge in [-0.05, 0) is 36.4 Å². The molecular weight excluding hydrogens is 442 g/mol. The zero-order valence-electron chi connectivity index (χ0n) is 17.6. The summed E-state index contributed by atoms with van der Waals surface area (Å²) in [5.41, 5.74) is 1.70. The molecule has 0 bridgehead atoms. The van der Waals surface area contributed by atoms with Crippen molar-refractivity contribution < 1.29 is 23.5 Å². The first-order chi connectivity index (χ1) is 16.0. The second kappa shape index (κ2) is 9.92. The van der Waals surface area contributed by atoms with Gasteiger partial charge in [-0.2, -0.15) is 0 Å². The first kappa shape index (κ1) is 22.0. The Labute approximate surface area is 193 Å². The van der Waals surface area contributed by atoms with Crippen molar-refractivity contribution in [1.29, 1.82) is 0 Å². The zero-order chi connectivity index (χ0) is 23.2. The number of benzene rings is 2. The fraction of sp³-hybridized carbons (Fsp3) is 0.0833. The molecule has 166 valence electrons. The number of carbonyl (C=O) groups excluding carboxylic acids is 3. The highest BCUT2D eigenvalue weighted by molar-refractivity contribution is 7.14. The quantitative estimate of drug-likeness (QED) is 0.387. The minimum atomic E-state index is -0.619. The summed E-state index contributed by atoms with van der Waals surface area (Å²) in [6.07, 6.45) is 1.39. The lowest BCUT2D eigenvalue weighted by atomic mass is 10.1. The van der Waals surface area contributed by atoms with Crippen LogP contribution in [0.25, 0.3) is 0 Å². The molecule has 4 rings (SSSR count). The van der Waals surface area contributed by atoms with Gasteiger partial charge in [0.2, 0.25) is 5.91 Å². The molecule has 8 nitrogen and oxygen atoms in total. The lowest BCUT2D eigenvalue weighted by Crippen LogP contribution is -2.22. The van der Waals surface area contributed by atoms with E-state index in [2.05, 4.69) is 10.3 Å². The number of esters is 1. The monoisotopic (exact) mass is 461 g/mol. The lowest BCUT2D eigenvalue weighted by Gasteiger charge is -2.17. The Bertz CT molecular complexity index is 1270. The van der Waals surface area contributed by atoms with E-state index in [1.165, 1.54) is 35.5 Å². The van der Waals surface area contributed by atoms with E-state index in [0.29, 0.717) is 22.2 Å². The molecule has 2 aromatic carbocycles. The maximum atomic E-state index is 12.7. The number of aromatic nitrogens is 1. The molecule has 9 heteroatoms. The molecule has 0 atom stereocenters. The highest BCUT2D eigenvalue weighted by atomic mass is 32.1. The summed E-state index contributed by atoms with van der Waals surface area (Å²) in [6, 6.07) is 18.8. The van der Waals surface area contributed by atoms with Gasteiger partial charge in [0.05, 0.1) is 28.9 Å². The number of amides is 2. The van der Waals surface area contributed by atoms with Crippen molar-refractivity contribution in [3.63, 3.8) is 0 Å². The van der Waals surface area contributed by atoms with Crippen LogP contribution in [0, 0.1) is 0 Å². The number of nitrogens with one attached hydrogen (secondary N) is 1. The van der Waals surface area contributed by atoms with E-state index < -0.39 is 11.9 Å². The van der Waals surface area contributed by atoms with Gasteiger partial charge in [-0.1, -0.05) is 30.3 Å². The Morgan fingerprint density at radius 1 is 1.03 bits per heavy atom. The maximum Gasteiger partial charge on any atom is 0.340 e. The Hall–Kier alpha value is -4.24. The van der Waals surface area contributed by atoms with E-state index in [4.69, 9.17) is 9.15 Å². The van der Waals surface area contributed by atoms with Crippen LogP contribution in [-0.4, -0.2) is 22.8 Å². The first-order valence-corrected chi connectivity index (χ1v) is 10.8. The summed E-state index contributed by atoms with van der Waals surface area (Å²) in [4.78, 5) is 43.1. The molecule has 0 radical (unpaired) electrons. The average molecular weight is 461 g/mol. The predicted octanol–water partition coefficient (Wildman–Crippen LogP) is 5.03. The molecule has 33 heavy (non-hydrogen) atoms. The summed E-state index contributed by atoms with van der Waals surface area (Å²) in [5.74, 6) is -1.15. The van der Waals surface area contributed by atoms with E-state index in [-0.39, 0.29) is 23.8 Å². The molecule has 0 unspecified atom stereocenters. The number of carbonyl (C=O) groups is 3. The molecule has 0 saturated carbocycles. The van der Waals surface area contributed by atoms with Gasteiger partial charge in [0.1, 0.15) is 6.61 Å². The fourth-order valence-electron chi connectivity index (χ4n) is 3.05. The van der Waals surface area contributed by atoms with Crippen molar-refractivity contribution in [2.24, 2.45) is 0 Å². The minimum absolute atomic E-state index is 0.0870. The summed E-state index contributed by atoms with van der Waals surface area (Å²) in [7, 11) is 0. The molecule has 0 aliphatic rings. The van der Waals surface area contributed by atoms with E-state index in [1.807, 2.05) is 30.3 Å². The Kier molecular flexibility index (Phi) is 6.61. The van der Waals surface area contributed by atoms with Crippen LogP contribution in [0.5, 0.6) is 0 Å². The van der Waals surface area contributed by atoms with Gasteiger partial charge in [0.25, 0.3) is 5.91 Å². The first-order valence-electron chi connectivity index (χ1n) is 9.94. The molecule has 0 spiro atoms. The van der Waals surface area contributed by atoms with Crippen molar-refractivity contribution in [3.05, 3.63) is 95.4 Å². The molecule has 0 fully saturated rings. The second-order valence-corrected chi connectivity index (χ2v) is 7.70. The van der Waals surface area contributed by atoms with Crippen LogP contribution in [0.15, 0.2) is 82.8 Å². The summed E-state index contributed by atoms with van der Waals surface area (Å²) in [6.45, 7) is 1.37. The standard InChI is InChI=1S/C24H19N3O5S/c1-16(28)27(18-8-3-2-4-9-18)24-25-17(15-33-24)14-32-23(30)19-10-5-6-11-20(19)26-22(29)21-12-7-13-31-21/h2-13,15H,14H2,1H3,(H,26,29). The van der Waals surface area contributed by atoms with Gasteiger partial charge in [-0.15, -0.1) is 11.3 Å². The smallest absolute Gasteiger partial charge is 0.340 e. The topological polar surface area (TPSA) is 102 Å². The number of thiazole rings is 1. The fourth-order valence-corrected chi connectivity index (χ4v) is 3.92. The second-order valence-electron chi connectivity index (χ2n) is 6.86. The van der Waals surface area contributed by atoms with Crippen molar-refractivity contribution in [2.45, 2.75) is 13.5 Å². The number of anilines is 3. The summed E-state index contributed by atoms with van der Waals surface area (Å²) >= 11 is 1.27. The maximum absolute atomic E-state index is 12.7. The summed E-state index contributed by atoms with van der Waals surface area (Å²) in [5, 5.41) is 4.86. The third-order valence-electron chi connectivity index (χ3n) is 4.55. The lowest BCUT2D eigenvalue weighted by molar-refractivity contribution is -0.115. The highest BCUT2D eigenvalue weighted by Gasteiger charge is 2.20. The van der Waals surface area contributed by atoms with Crippen molar-refractivity contribution in [3.8, 4) is 0 Å². The van der Waals surface area contributed by atoms with Crippen molar-refractivity contribution in [2.75, 3.05) is 10.2 Å². The van der Waals surface area contributed by atoms with E-state index in [1.54, 1.807) is 35.7 Å². The largest absolute Gasteiger partial charge is 0.459 e. The average Bonchev–Trinajstić information content (AvgIpc) is 3.51. The number of rotatable bonds is 7. The van der Waals surface area contributed by atoms with Crippen molar-refractivity contribution in [1.82, 2.24) is 4.98 Å². The number of hydrogen-bond acceptors (Lipinski definition) is 7. The van der Waals surface area contributed by atoms with Crippen LogP contribution >= 0.6 is 11.3 Å². The number of furan rings is 1. The Balaban J connectivity index is 1.44. The van der Waals surface area contributed by atoms with E-state index >= 15 is 0 Å². The minimum Gasteiger partial charge on any atom is -0.459 e. The van der Waals surface area contributed by atoms with E-state index in [0.717, 1.165) is 0 Å². The van der Waals surface area contributed by atoms with Crippen LogP contribution in [0.2, 0.25) is 0 Å². The van der Waals surface area contributed by atoms with Crippen LogP contribution in [0.3, 0.4) is 0 Å². The number of hydrogen-bond donors (Lipinski definition) is 1. The van der Waals surface area contributed by atoms with E-state index in [9.17, 15) is 14.4 Å². The normalized spacial score (nSPS) is 10.5. The van der Waals surface area contributed by atoms with Gasteiger partial charge in [0, 0.05) is 12.3 Å². The van der Waals surface area contributed by atoms with Crippen LogP contribution in [0.4, 0.5) is 16.5 Å². The molecule has 2 heterocycles. The van der Waals surface area contributed by atoms with Crippen LogP contribution in [-0.2, 0) is 16.1 Å². The SMILES string of the molecule is CC(=O)N(c1ccccc1)c1nc(COC(=O)c2ccccc2NC(=O)c2ccco2)cs1. The molecule has 0 aliphatic carbocycles. The van der Waals surface area contributed by atoms with Gasteiger partial charge in [0.15, 0.2) is 10.9 Å². The third kappa shape index (κ3) is 5.16. The Morgan fingerprint density at radius 2 is 1.79 bits per heavy atom. The molecule has 1 N–H and O–H groups in total. The molecule has 0 aliphatic heterocycles. The van der Waals surface area contributed by atoms with Gasteiger partial charge >= 0.3 is 5.97 Å². The number of para-hydroxylation sites is 2. The van der Waals surface area contributed by atoms with Gasteiger partial charge < -0.3 is 14.5 Å². The molecular formula is C24H19N3O5S. The zero-order valence-corrected chi connectivity index (χ0v) is 18.4. The Morgan fingerprint density at radius 3 is 2.52 bits per heavy atom. The highest BCUT2D eigenvalue weighted by Crippen LogP contribution is 2.29. The summed E-state index contributed by atoms with van der Waals surface area (Å²) < 4.78 is 10.5. The molecule has 2 aromatic heterocycles. The third-order valence-corrected chi connectivity index (χ3v) is 5.43. The number of nitrogens with zero attached hydrogens (tertiary/aromatic N) is 2. The number of ether oxygens (including phenoxy) is 1. The van der Waals surface area contributed by atoms with Crippen LogP contribution in [0.1, 0.15) is 33.5 Å².